The van der Waals surface area contributed by atoms with Crippen LogP contribution in [0.2, 0.25) is 0 Å². The van der Waals surface area contributed by atoms with Crippen LogP contribution in [0.25, 0.3) is 0 Å². The number of aromatic nitrogens is 3. The fourth-order valence-electron chi connectivity index (χ4n) is 2.29. The fraction of sp³-hybridized carbons (Fsp3) is 0.500. The number of benzene rings is 1. The van der Waals surface area contributed by atoms with E-state index in [0.717, 1.165) is 11.6 Å². The van der Waals surface area contributed by atoms with E-state index in [-0.39, 0.29) is 5.91 Å². The minimum atomic E-state index is 0.0251. The summed E-state index contributed by atoms with van der Waals surface area (Å²) in [5.74, 6) is 0.929. The van der Waals surface area contributed by atoms with Crippen LogP contribution < -0.4 is 5.32 Å². The van der Waals surface area contributed by atoms with Crippen LogP contribution in [0.15, 0.2) is 35.7 Å². The molecule has 1 aromatic heterocycles. The number of hydrogen-bond acceptors (Lipinski definition) is 4. The van der Waals surface area contributed by atoms with Gasteiger partial charge in [0.2, 0.25) is 5.91 Å². The maximum atomic E-state index is 12.0. The molecule has 6 heteroatoms. The van der Waals surface area contributed by atoms with Gasteiger partial charge in [0.15, 0.2) is 5.16 Å². The molecule has 130 valence electrons. The first kappa shape index (κ1) is 18.5. The van der Waals surface area contributed by atoms with Gasteiger partial charge in [-0.1, -0.05) is 49.9 Å². The Labute approximate surface area is 148 Å². The summed E-state index contributed by atoms with van der Waals surface area (Å²) in [7, 11) is 0. The van der Waals surface area contributed by atoms with Gasteiger partial charge in [-0.25, -0.2) is 0 Å². The highest BCUT2D eigenvalue weighted by Gasteiger charge is 2.10. The first-order valence-corrected chi connectivity index (χ1v) is 9.33. The second-order valence-electron chi connectivity index (χ2n) is 6.40. The van der Waals surface area contributed by atoms with E-state index in [1.54, 1.807) is 6.33 Å². The highest BCUT2D eigenvalue weighted by molar-refractivity contribution is 7.99. The zero-order valence-corrected chi connectivity index (χ0v) is 15.6. The van der Waals surface area contributed by atoms with E-state index in [1.807, 2.05) is 4.57 Å². The summed E-state index contributed by atoms with van der Waals surface area (Å²) in [6, 6.07) is 8.90. The summed E-state index contributed by atoms with van der Waals surface area (Å²) < 4.78 is 1.97. The Hall–Kier alpha value is -1.82. The van der Waals surface area contributed by atoms with Gasteiger partial charge in [0, 0.05) is 12.6 Å². The molecule has 0 fully saturated rings. The van der Waals surface area contributed by atoms with E-state index in [9.17, 15) is 4.79 Å². The summed E-state index contributed by atoms with van der Waals surface area (Å²) in [5, 5.41) is 11.7. The molecule has 24 heavy (non-hydrogen) atoms. The number of amides is 1. The van der Waals surface area contributed by atoms with Crippen LogP contribution in [0.1, 0.15) is 50.8 Å². The lowest BCUT2D eigenvalue weighted by Crippen LogP contribution is -2.27. The normalized spacial score (nSPS) is 11.2. The minimum absolute atomic E-state index is 0.0251. The predicted octanol–water partition coefficient (Wildman–Crippen LogP) is 3.43. The lowest BCUT2D eigenvalue weighted by Gasteiger charge is -2.10. The second-order valence-corrected chi connectivity index (χ2v) is 7.34. The van der Waals surface area contributed by atoms with E-state index >= 15 is 0 Å². The smallest absolute Gasteiger partial charge is 0.230 e. The molecule has 0 bridgehead atoms. The third kappa shape index (κ3) is 5.37. The molecule has 0 aliphatic rings. The second kappa shape index (κ2) is 8.87. The van der Waals surface area contributed by atoms with Gasteiger partial charge in [-0.2, -0.15) is 0 Å². The Balaban J connectivity index is 1.72. The zero-order chi connectivity index (χ0) is 17.5. The van der Waals surface area contributed by atoms with Crippen LogP contribution in [0.5, 0.6) is 0 Å². The number of carbonyl (C=O) groups excluding carboxylic acids is 1. The third-order valence-corrected chi connectivity index (χ3v) is 4.77. The summed E-state index contributed by atoms with van der Waals surface area (Å²) in [6.45, 7) is 9.16. The van der Waals surface area contributed by atoms with Gasteiger partial charge in [0.25, 0.3) is 0 Å². The molecule has 2 rings (SSSR count). The molecule has 0 spiro atoms. The number of thioether (sulfide) groups is 1. The van der Waals surface area contributed by atoms with Crippen molar-refractivity contribution in [1.29, 1.82) is 0 Å². The lowest BCUT2D eigenvalue weighted by atomic mass is 10.0. The average Bonchev–Trinajstić information content (AvgIpc) is 3.02. The highest BCUT2D eigenvalue weighted by atomic mass is 32.2. The van der Waals surface area contributed by atoms with Gasteiger partial charge in [-0.3, -0.25) is 4.79 Å². The van der Waals surface area contributed by atoms with Crippen LogP contribution >= 0.6 is 11.8 Å². The van der Waals surface area contributed by atoms with Crippen molar-refractivity contribution < 1.29 is 4.79 Å². The first-order chi connectivity index (χ1) is 11.5. The summed E-state index contributed by atoms with van der Waals surface area (Å²) >= 11 is 1.42. The molecule has 1 amide bonds. The number of nitrogens with one attached hydrogen (secondary N) is 1. The van der Waals surface area contributed by atoms with Gasteiger partial charge in [-0.15, -0.1) is 10.2 Å². The molecule has 2 aromatic rings. The van der Waals surface area contributed by atoms with Crippen molar-refractivity contribution in [1.82, 2.24) is 20.1 Å². The van der Waals surface area contributed by atoms with E-state index in [1.165, 1.54) is 22.9 Å². The van der Waals surface area contributed by atoms with E-state index in [2.05, 4.69) is 67.5 Å². The fourth-order valence-corrected chi connectivity index (χ4v) is 3.16. The zero-order valence-electron chi connectivity index (χ0n) is 14.8. The number of nitrogens with zero attached hydrogens (tertiary/aromatic N) is 3. The largest absolute Gasteiger partial charge is 0.355 e. The predicted molar refractivity (Wildman–Crippen MR) is 98.4 cm³/mol. The molecule has 0 aliphatic heterocycles. The molecule has 0 saturated carbocycles. The van der Waals surface area contributed by atoms with Crippen molar-refractivity contribution in [2.45, 2.75) is 51.2 Å². The molecule has 5 nitrogen and oxygen atoms in total. The van der Waals surface area contributed by atoms with E-state index in [0.29, 0.717) is 24.3 Å². The van der Waals surface area contributed by atoms with Gasteiger partial charge in [-0.05, 0) is 37.3 Å². The maximum absolute atomic E-state index is 12.0. The molecular weight excluding hydrogens is 320 g/mol. The van der Waals surface area contributed by atoms with Crippen LogP contribution in [0.4, 0.5) is 0 Å². The number of rotatable bonds is 8. The topological polar surface area (TPSA) is 59.8 Å². The van der Waals surface area contributed by atoms with Gasteiger partial charge < -0.3 is 9.88 Å². The monoisotopic (exact) mass is 346 g/mol. The SMILES string of the molecule is CC(C)c1ccc(CCNC(=O)CSc2nncn2C(C)C)cc1. The molecule has 1 N–H and O–H groups in total. The molecule has 0 aliphatic carbocycles. The van der Waals surface area contributed by atoms with Gasteiger partial charge in [0.1, 0.15) is 6.33 Å². The molecule has 1 aromatic carbocycles. The van der Waals surface area contributed by atoms with Crippen molar-refractivity contribution in [2.24, 2.45) is 0 Å². The summed E-state index contributed by atoms with van der Waals surface area (Å²) in [6.07, 6.45) is 2.54. The van der Waals surface area contributed by atoms with Crippen molar-refractivity contribution in [3.05, 3.63) is 41.7 Å². The van der Waals surface area contributed by atoms with E-state index < -0.39 is 0 Å². The highest BCUT2D eigenvalue weighted by Crippen LogP contribution is 2.18. The average molecular weight is 347 g/mol. The Bertz CT molecular complexity index is 649. The minimum Gasteiger partial charge on any atom is -0.355 e. The maximum Gasteiger partial charge on any atom is 0.230 e. The van der Waals surface area contributed by atoms with Crippen LogP contribution in [-0.2, 0) is 11.2 Å². The molecule has 1 heterocycles. The molecule has 0 radical (unpaired) electrons. The third-order valence-electron chi connectivity index (χ3n) is 3.81. The van der Waals surface area contributed by atoms with Crippen molar-refractivity contribution >= 4 is 17.7 Å². The molecule has 0 saturated heterocycles. The molecular formula is C18H26N4OS. The van der Waals surface area contributed by atoms with E-state index in [4.69, 9.17) is 0 Å². The van der Waals surface area contributed by atoms with Crippen molar-refractivity contribution in [3.8, 4) is 0 Å². The Morgan fingerprint density at radius 3 is 2.54 bits per heavy atom. The molecule has 0 atom stereocenters. The quantitative estimate of drug-likeness (QED) is 0.744. The van der Waals surface area contributed by atoms with Crippen molar-refractivity contribution in [2.75, 3.05) is 12.3 Å². The molecule has 0 unspecified atom stereocenters. The van der Waals surface area contributed by atoms with Crippen LogP contribution in [-0.4, -0.2) is 33.0 Å². The lowest BCUT2D eigenvalue weighted by molar-refractivity contribution is -0.118. The first-order valence-electron chi connectivity index (χ1n) is 8.35. The Morgan fingerprint density at radius 2 is 1.92 bits per heavy atom. The van der Waals surface area contributed by atoms with Crippen LogP contribution in [0, 0.1) is 0 Å². The van der Waals surface area contributed by atoms with Gasteiger partial charge >= 0.3 is 0 Å². The standard InChI is InChI=1S/C18H26N4OS/c1-13(2)16-7-5-15(6-8-16)9-10-19-17(23)11-24-18-21-20-12-22(18)14(3)4/h5-8,12-14H,9-11H2,1-4H3,(H,19,23). The Kier molecular flexibility index (Phi) is 6.85. The number of hydrogen-bond donors (Lipinski definition) is 1. The van der Waals surface area contributed by atoms with Crippen molar-refractivity contribution in [3.63, 3.8) is 0 Å². The van der Waals surface area contributed by atoms with Gasteiger partial charge in [0.05, 0.1) is 5.75 Å². The summed E-state index contributed by atoms with van der Waals surface area (Å²) in [4.78, 5) is 12.0. The van der Waals surface area contributed by atoms with Crippen LogP contribution in [0.3, 0.4) is 0 Å². The summed E-state index contributed by atoms with van der Waals surface area (Å²) in [5.41, 5.74) is 2.58. The Morgan fingerprint density at radius 1 is 1.21 bits per heavy atom. The number of carbonyl (C=O) groups is 1.